The lowest BCUT2D eigenvalue weighted by Gasteiger charge is -2.36. The van der Waals surface area contributed by atoms with E-state index in [-0.39, 0.29) is 37.2 Å². The molecule has 0 amide bonds. The highest BCUT2D eigenvalue weighted by molar-refractivity contribution is 6.02. The molecule has 0 heterocycles. The second-order valence-corrected chi connectivity index (χ2v) is 16.5. The number of ketones is 2. The maximum absolute atomic E-state index is 13.1. The Bertz CT molecular complexity index is 1850. The first-order chi connectivity index (χ1) is 28.1. The fourth-order valence-corrected chi connectivity index (χ4v) is 6.80. The first kappa shape index (κ1) is 50.5. The van der Waals surface area contributed by atoms with Crippen LogP contribution in [0, 0.1) is 10.8 Å². The van der Waals surface area contributed by atoms with E-state index < -0.39 is 46.9 Å². The molecule has 0 aromatic carbocycles. The van der Waals surface area contributed by atoms with Crippen LogP contribution in [0.1, 0.15) is 108 Å². The molecular weight excluding hydrogens is 761 g/mol. The molecule has 2 aliphatic carbocycles. The van der Waals surface area contributed by atoms with E-state index >= 15 is 0 Å². The number of carbonyl (C=O) groups is 6. The molecule has 0 saturated carbocycles. The molecule has 0 bridgehead atoms. The number of ether oxygens (including phenoxy) is 4. The molecule has 10 nitrogen and oxygen atoms in total. The van der Waals surface area contributed by atoms with Crippen molar-refractivity contribution in [1.29, 1.82) is 0 Å². The highest BCUT2D eigenvalue weighted by Gasteiger charge is 2.41. The molecule has 0 aromatic heterocycles. The third-order valence-electron chi connectivity index (χ3n) is 10.3. The van der Waals surface area contributed by atoms with Gasteiger partial charge in [0.25, 0.3) is 0 Å². The van der Waals surface area contributed by atoms with Crippen LogP contribution in [0.4, 0.5) is 0 Å². The smallest absolute Gasteiger partial charge is 0.307 e. The summed E-state index contributed by atoms with van der Waals surface area (Å²) in [6, 6.07) is 0. The Hall–Kier alpha value is -5.64. The fourth-order valence-electron chi connectivity index (χ4n) is 6.80. The predicted octanol–water partition coefficient (Wildman–Crippen LogP) is 9.91. The number of rotatable bonds is 18. The number of carbonyl (C=O) groups excluding carboxylic acids is 6. The molecule has 10 heteroatoms. The molecule has 2 aliphatic rings. The van der Waals surface area contributed by atoms with Crippen LogP contribution in [0.3, 0.4) is 0 Å². The van der Waals surface area contributed by atoms with Crippen molar-refractivity contribution in [1.82, 2.24) is 0 Å². The Labute approximate surface area is 356 Å². The summed E-state index contributed by atoms with van der Waals surface area (Å²) in [7, 11) is 2.51. The van der Waals surface area contributed by atoms with Gasteiger partial charge in [0, 0.05) is 12.8 Å². The van der Waals surface area contributed by atoms with Crippen LogP contribution in [0.2, 0.25) is 0 Å². The van der Waals surface area contributed by atoms with Gasteiger partial charge in [-0.3, -0.25) is 28.8 Å². The number of Topliss-reactive ketones (excluding diaryl/α,β-unsaturated/α-hetero) is 2. The monoisotopic (exact) mass is 824 g/mol. The van der Waals surface area contributed by atoms with E-state index in [0.717, 1.165) is 33.4 Å². The maximum Gasteiger partial charge on any atom is 0.307 e. The first-order valence-electron chi connectivity index (χ1n) is 20.2. The topological polar surface area (TPSA) is 139 Å². The van der Waals surface area contributed by atoms with Gasteiger partial charge in [0.2, 0.25) is 0 Å². The van der Waals surface area contributed by atoms with Crippen LogP contribution >= 0.6 is 0 Å². The van der Waals surface area contributed by atoms with Crippen molar-refractivity contribution in [2.75, 3.05) is 14.2 Å². The third kappa shape index (κ3) is 16.5. The molecule has 2 rings (SSSR count). The summed E-state index contributed by atoms with van der Waals surface area (Å²) in [4.78, 5) is 73.4. The maximum atomic E-state index is 13.1. The molecule has 0 saturated heterocycles. The molecule has 0 aliphatic heterocycles. The Kier molecular flexibility index (Phi) is 20.1. The van der Waals surface area contributed by atoms with Crippen LogP contribution in [0.15, 0.2) is 130 Å². The van der Waals surface area contributed by atoms with Crippen molar-refractivity contribution in [3.63, 3.8) is 0 Å². The minimum atomic E-state index is -0.882. The van der Waals surface area contributed by atoms with Gasteiger partial charge in [0.05, 0.1) is 39.9 Å². The summed E-state index contributed by atoms with van der Waals surface area (Å²) in [6.07, 6.45) is 26.3. The summed E-state index contributed by atoms with van der Waals surface area (Å²) in [5.74, 6) is -2.65. The minimum Gasteiger partial charge on any atom is -0.469 e. The van der Waals surface area contributed by atoms with Crippen molar-refractivity contribution >= 4 is 35.4 Å². The van der Waals surface area contributed by atoms with Crippen molar-refractivity contribution < 1.29 is 47.7 Å². The Balaban J connectivity index is 1.97. The van der Waals surface area contributed by atoms with Crippen LogP contribution in [0.25, 0.3) is 0 Å². The van der Waals surface area contributed by atoms with Crippen molar-refractivity contribution in [2.24, 2.45) is 10.8 Å². The summed E-state index contributed by atoms with van der Waals surface area (Å²) in [6.45, 7) is 19.6. The highest BCUT2D eigenvalue weighted by Crippen LogP contribution is 2.42. The number of hydrogen-bond donors (Lipinski definition) is 0. The molecule has 0 spiro atoms. The molecule has 0 fully saturated rings. The summed E-state index contributed by atoms with van der Waals surface area (Å²) < 4.78 is 20.1. The molecule has 324 valence electrons. The van der Waals surface area contributed by atoms with E-state index in [2.05, 4.69) is 9.47 Å². The van der Waals surface area contributed by atoms with Crippen LogP contribution in [0.5, 0.6) is 0 Å². The zero-order valence-electron chi connectivity index (χ0n) is 37.6. The van der Waals surface area contributed by atoms with Gasteiger partial charge in [0.1, 0.15) is 0 Å². The zero-order valence-corrected chi connectivity index (χ0v) is 37.6. The molecule has 0 aromatic rings. The molecule has 2 unspecified atom stereocenters. The zero-order chi connectivity index (χ0) is 45.2. The minimum absolute atomic E-state index is 0.0913. The van der Waals surface area contributed by atoms with E-state index in [4.69, 9.17) is 9.47 Å². The summed E-state index contributed by atoms with van der Waals surface area (Å²) >= 11 is 0. The van der Waals surface area contributed by atoms with Crippen molar-refractivity contribution in [3.05, 3.63) is 130 Å². The van der Waals surface area contributed by atoms with E-state index in [9.17, 15) is 28.8 Å². The normalized spacial score (nSPS) is 20.7. The Morgan fingerprint density at radius 3 is 1.15 bits per heavy atom. The summed E-state index contributed by atoms with van der Waals surface area (Å²) in [5.41, 5.74) is 6.24. The lowest BCUT2D eigenvalue weighted by Crippen LogP contribution is -2.39. The molecule has 60 heavy (non-hydrogen) atoms. The third-order valence-corrected chi connectivity index (χ3v) is 10.3. The van der Waals surface area contributed by atoms with Crippen molar-refractivity contribution in [3.8, 4) is 0 Å². The predicted molar refractivity (Wildman–Crippen MR) is 235 cm³/mol. The average molecular weight is 825 g/mol. The molecule has 0 radical (unpaired) electrons. The number of hydrogen-bond acceptors (Lipinski definition) is 10. The Morgan fingerprint density at radius 2 is 0.817 bits per heavy atom. The number of allylic oxidation sites excluding steroid dienone is 20. The van der Waals surface area contributed by atoms with Gasteiger partial charge in [-0.15, -0.1) is 0 Å². The number of methoxy groups -OCH3 is 2. The quantitative estimate of drug-likeness (QED) is 0.0746. The standard InChI is InChI=1S/C50H64O10/c1-33(19-15-21-35(3)23-25-39-37(5)47(55)41(31-49(39,7)8)59-45(53)29-27-43(51)57-11)17-13-14-18-34(2)20-16-22-36(4)24-26-40-38(6)48(56)42(32-50(40,9)10)60-46(54)30-28-44(52)58-12/h13-26,41-42H,27-32H2,1-12H3. The van der Waals surface area contributed by atoms with Gasteiger partial charge in [-0.1, -0.05) is 135 Å². The van der Waals surface area contributed by atoms with E-state index in [1.165, 1.54) is 14.2 Å². The van der Waals surface area contributed by atoms with Gasteiger partial charge in [-0.25, -0.2) is 0 Å². The average Bonchev–Trinajstić information content (AvgIpc) is 3.18. The van der Waals surface area contributed by atoms with Crippen molar-refractivity contribution in [2.45, 2.75) is 120 Å². The van der Waals surface area contributed by atoms with Crippen LogP contribution in [-0.2, 0) is 47.7 Å². The first-order valence-corrected chi connectivity index (χ1v) is 20.2. The number of esters is 4. The Morgan fingerprint density at radius 1 is 0.517 bits per heavy atom. The summed E-state index contributed by atoms with van der Waals surface area (Å²) in [5, 5.41) is 0. The van der Waals surface area contributed by atoms with E-state index in [1.54, 1.807) is 13.8 Å². The van der Waals surface area contributed by atoms with E-state index in [1.807, 2.05) is 140 Å². The van der Waals surface area contributed by atoms with Gasteiger partial charge in [0.15, 0.2) is 23.8 Å². The second kappa shape index (κ2) is 23.8. The molecule has 2 atom stereocenters. The fraction of sp³-hybridized carbons (Fsp3) is 0.440. The van der Waals surface area contributed by atoms with Gasteiger partial charge in [-0.2, -0.15) is 0 Å². The van der Waals surface area contributed by atoms with Gasteiger partial charge >= 0.3 is 23.9 Å². The lowest BCUT2D eigenvalue weighted by molar-refractivity contribution is -0.158. The van der Waals surface area contributed by atoms with Crippen LogP contribution in [-0.4, -0.2) is 61.9 Å². The second-order valence-electron chi connectivity index (χ2n) is 16.5. The van der Waals surface area contributed by atoms with E-state index in [0.29, 0.717) is 24.0 Å². The largest absolute Gasteiger partial charge is 0.469 e. The van der Waals surface area contributed by atoms with Gasteiger partial charge < -0.3 is 18.9 Å². The SMILES string of the molecule is COC(=O)CCC(=O)OC1CC(C)(C)C(C=CC(C)=CC=CC(C)=CC=CC=C(C)C=CC=C(C)C=CC2=C(C)C(=O)C(OC(=O)CCC(=O)OC)CC2(C)C)=C(C)C1=O. The lowest BCUT2D eigenvalue weighted by atomic mass is 9.71. The highest BCUT2D eigenvalue weighted by atomic mass is 16.6. The van der Waals surface area contributed by atoms with Gasteiger partial charge in [-0.05, 0) is 74.7 Å². The molecule has 0 N–H and O–H groups in total. The molecular formula is C50H64O10. The van der Waals surface area contributed by atoms with Crippen LogP contribution < -0.4 is 0 Å².